The Morgan fingerprint density at radius 1 is 1.43 bits per heavy atom. The predicted octanol–water partition coefficient (Wildman–Crippen LogP) is 2.65. The molecule has 2 heterocycles. The zero-order chi connectivity index (χ0) is 15.8. The minimum Gasteiger partial charge on any atom is -0.356 e. The van der Waals surface area contributed by atoms with Crippen LogP contribution in [0.25, 0.3) is 0 Å². The molecule has 0 amide bonds. The Hall–Kier alpha value is -0.410. The number of hydrogen-bond donors (Lipinski definition) is 2. The van der Waals surface area contributed by atoms with Crippen molar-refractivity contribution in [2.24, 2.45) is 4.99 Å². The number of likely N-dealkylation sites (N-methyl/N-ethyl adjacent to an activating group) is 1. The van der Waals surface area contributed by atoms with Crippen molar-refractivity contribution in [2.45, 2.75) is 45.6 Å². The first-order chi connectivity index (χ1) is 10.7. The molecule has 2 N–H and O–H groups in total. The third-order valence-electron chi connectivity index (χ3n) is 4.18. The van der Waals surface area contributed by atoms with E-state index >= 15 is 0 Å². The molecule has 0 bridgehead atoms. The minimum atomic E-state index is 0. The first-order valence-electron chi connectivity index (χ1n) is 8.32. The highest BCUT2D eigenvalue weighted by atomic mass is 127. The van der Waals surface area contributed by atoms with Crippen LogP contribution in [0.15, 0.2) is 11.2 Å². The number of rotatable bonds is 6. The van der Waals surface area contributed by atoms with Crippen LogP contribution in [0.4, 0.5) is 0 Å². The van der Waals surface area contributed by atoms with E-state index < -0.39 is 0 Å². The fraction of sp³-hybridized carbons (Fsp3) is 0.750. The smallest absolute Gasteiger partial charge is 0.191 e. The number of nitrogens with zero attached hydrogens (tertiary/aromatic N) is 3. The van der Waals surface area contributed by atoms with Gasteiger partial charge in [-0.1, -0.05) is 13.3 Å². The van der Waals surface area contributed by atoms with Crippen LogP contribution in [0.1, 0.15) is 36.1 Å². The molecule has 132 valence electrons. The van der Waals surface area contributed by atoms with Crippen molar-refractivity contribution in [1.82, 2.24) is 20.5 Å². The van der Waals surface area contributed by atoms with E-state index in [-0.39, 0.29) is 24.0 Å². The van der Waals surface area contributed by atoms with Crippen molar-refractivity contribution in [3.8, 4) is 0 Å². The van der Waals surface area contributed by atoms with Crippen LogP contribution >= 0.6 is 35.3 Å². The summed E-state index contributed by atoms with van der Waals surface area (Å²) in [7, 11) is 1.83. The molecule has 23 heavy (non-hydrogen) atoms. The Kier molecular flexibility index (Phi) is 10.0. The fourth-order valence-corrected chi connectivity index (χ4v) is 3.73. The van der Waals surface area contributed by atoms with Crippen LogP contribution in [0, 0.1) is 6.92 Å². The zero-order valence-electron chi connectivity index (χ0n) is 14.5. The Morgan fingerprint density at radius 2 is 2.26 bits per heavy atom. The van der Waals surface area contributed by atoms with Gasteiger partial charge in [-0.05, 0) is 32.9 Å². The number of hydrogen-bond acceptors (Lipinski definition) is 4. The Morgan fingerprint density at radius 3 is 2.91 bits per heavy atom. The normalized spacial score (nSPS) is 19.3. The van der Waals surface area contributed by atoms with Gasteiger partial charge in [0.2, 0.25) is 0 Å². The van der Waals surface area contributed by atoms with Gasteiger partial charge in [-0.3, -0.25) is 9.89 Å². The Balaban J connectivity index is 0.00000264. The molecule has 1 atom stereocenters. The predicted molar refractivity (Wildman–Crippen MR) is 110 cm³/mol. The summed E-state index contributed by atoms with van der Waals surface area (Å²) < 4.78 is 0. The van der Waals surface area contributed by atoms with Crippen LogP contribution in [-0.4, -0.2) is 55.1 Å². The number of likely N-dealkylation sites (tertiary alicyclic amines) is 1. The van der Waals surface area contributed by atoms with Crippen LogP contribution < -0.4 is 10.6 Å². The van der Waals surface area contributed by atoms with Gasteiger partial charge in [-0.2, -0.15) is 0 Å². The summed E-state index contributed by atoms with van der Waals surface area (Å²) in [4.78, 5) is 12.6. The molecule has 1 aromatic heterocycles. The maximum Gasteiger partial charge on any atom is 0.191 e. The molecule has 1 saturated heterocycles. The number of piperidine rings is 1. The standard InChI is InChI=1S/C16H29N5S.HI/c1-4-21-10-6-5-7-14(21)12-20-16(17-3)18-9-8-15-19-11-13(2)22-15;/h11,14H,4-10,12H2,1-3H3,(H2,17,18,20);1H. The quantitative estimate of drug-likeness (QED) is 0.397. The summed E-state index contributed by atoms with van der Waals surface area (Å²) in [6.07, 6.45) is 6.86. The summed E-state index contributed by atoms with van der Waals surface area (Å²) in [5.74, 6) is 0.898. The number of aliphatic imine (C=N–C) groups is 1. The molecule has 0 aliphatic carbocycles. The average Bonchev–Trinajstić information content (AvgIpc) is 2.96. The highest BCUT2D eigenvalue weighted by Crippen LogP contribution is 2.15. The molecule has 2 rings (SSSR count). The van der Waals surface area contributed by atoms with Gasteiger partial charge in [0, 0.05) is 43.7 Å². The van der Waals surface area contributed by atoms with Gasteiger partial charge in [-0.25, -0.2) is 4.98 Å². The summed E-state index contributed by atoms with van der Waals surface area (Å²) in [5, 5.41) is 8.05. The summed E-state index contributed by atoms with van der Waals surface area (Å²) in [6.45, 7) is 8.57. The molecular weight excluding hydrogens is 421 g/mol. The Labute approximate surface area is 161 Å². The zero-order valence-corrected chi connectivity index (χ0v) is 17.6. The first-order valence-corrected chi connectivity index (χ1v) is 9.14. The molecule has 0 aromatic carbocycles. The maximum absolute atomic E-state index is 4.39. The van der Waals surface area contributed by atoms with E-state index in [0.717, 1.165) is 32.0 Å². The molecule has 0 radical (unpaired) electrons. The number of aryl methyl sites for hydroxylation is 1. The minimum absolute atomic E-state index is 0. The molecule has 0 spiro atoms. The van der Waals surface area contributed by atoms with Gasteiger partial charge < -0.3 is 10.6 Å². The van der Waals surface area contributed by atoms with Gasteiger partial charge in [0.1, 0.15) is 0 Å². The van der Waals surface area contributed by atoms with E-state index in [2.05, 4.69) is 39.4 Å². The summed E-state index contributed by atoms with van der Waals surface area (Å²) >= 11 is 1.77. The topological polar surface area (TPSA) is 52.5 Å². The van der Waals surface area contributed by atoms with Crippen LogP contribution in [0.2, 0.25) is 0 Å². The monoisotopic (exact) mass is 451 g/mol. The lowest BCUT2D eigenvalue weighted by atomic mass is 10.0. The molecule has 1 aromatic rings. The fourth-order valence-electron chi connectivity index (χ4n) is 2.95. The van der Waals surface area contributed by atoms with Crippen molar-refractivity contribution in [3.63, 3.8) is 0 Å². The van der Waals surface area contributed by atoms with E-state index in [9.17, 15) is 0 Å². The van der Waals surface area contributed by atoms with Crippen molar-refractivity contribution in [2.75, 3.05) is 33.2 Å². The SMILES string of the molecule is CCN1CCCCC1CNC(=NC)NCCc1ncc(C)s1.I. The third kappa shape index (κ3) is 6.93. The lowest BCUT2D eigenvalue weighted by Crippen LogP contribution is -2.49. The first kappa shape index (κ1) is 20.6. The van der Waals surface area contributed by atoms with Gasteiger partial charge in [0.15, 0.2) is 5.96 Å². The van der Waals surface area contributed by atoms with Gasteiger partial charge in [0.05, 0.1) is 5.01 Å². The van der Waals surface area contributed by atoms with Crippen molar-refractivity contribution >= 4 is 41.3 Å². The van der Waals surface area contributed by atoms with E-state index in [4.69, 9.17) is 0 Å². The second-order valence-electron chi connectivity index (χ2n) is 5.77. The largest absolute Gasteiger partial charge is 0.356 e. The van der Waals surface area contributed by atoms with Gasteiger partial charge in [-0.15, -0.1) is 35.3 Å². The number of halogens is 1. The van der Waals surface area contributed by atoms with E-state index in [0.29, 0.717) is 6.04 Å². The van der Waals surface area contributed by atoms with Crippen molar-refractivity contribution < 1.29 is 0 Å². The van der Waals surface area contributed by atoms with Crippen molar-refractivity contribution in [3.05, 3.63) is 16.1 Å². The molecule has 1 aliphatic rings. The molecular formula is C16H30IN5S. The van der Waals surface area contributed by atoms with E-state index in [1.54, 1.807) is 11.3 Å². The van der Waals surface area contributed by atoms with Gasteiger partial charge >= 0.3 is 0 Å². The van der Waals surface area contributed by atoms with Gasteiger partial charge in [0.25, 0.3) is 0 Å². The highest BCUT2D eigenvalue weighted by Gasteiger charge is 2.20. The van der Waals surface area contributed by atoms with Crippen molar-refractivity contribution in [1.29, 1.82) is 0 Å². The number of nitrogens with one attached hydrogen (secondary N) is 2. The van der Waals surface area contributed by atoms with E-state index in [1.165, 1.54) is 35.7 Å². The third-order valence-corrected chi connectivity index (χ3v) is 5.16. The van der Waals surface area contributed by atoms with E-state index in [1.807, 2.05) is 13.2 Å². The highest BCUT2D eigenvalue weighted by molar-refractivity contribution is 14.0. The molecule has 5 nitrogen and oxygen atoms in total. The molecule has 1 unspecified atom stereocenters. The number of guanidine groups is 1. The van der Waals surface area contributed by atoms with Crippen LogP contribution in [0.5, 0.6) is 0 Å². The maximum atomic E-state index is 4.39. The number of aromatic nitrogens is 1. The van der Waals surface area contributed by atoms with Crippen LogP contribution in [-0.2, 0) is 6.42 Å². The molecule has 0 saturated carbocycles. The molecule has 7 heteroatoms. The lowest BCUT2D eigenvalue weighted by molar-refractivity contribution is 0.157. The lowest BCUT2D eigenvalue weighted by Gasteiger charge is -2.35. The Bertz CT molecular complexity index is 477. The second-order valence-corrected chi connectivity index (χ2v) is 7.09. The summed E-state index contributed by atoms with van der Waals surface area (Å²) in [6, 6.07) is 0.638. The average molecular weight is 451 g/mol. The second kappa shape index (κ2) is 11.2. The number of thiazole rings is 1. The molecule has 1 aliphatic heterocycles. The summed E-state index contributed by atoms with van der Waals surface area (Å²) in [5.41, 5.74) is 0. The molecule has 1 fully saturated rings. The van der Waals surface area contributed by atoms with Crippen LogP contribution in [0.3, 0.4) is 0 Å².